The first kappa shape index (κ1) is 19.3. The Morgan fingerprint density at radius 2 is 1.93 bits per heavy atom. The number of methoxy groups -OCH3 is 1. The molecule has 0 saturated carbocycles. The first-order valence-corrected chi connectivity index (χ1v) is 8.85. The van der Waals surface area contributed by atoms with E-state index in [4.69, 9.17) is 9.15 Å². The molecule has 0 aliphatic carbocycles. The van der Waals surface area contributed by atoms with E-state index in [1.807, 2.05) is 0 Å². The number of rotatable bonds is 5. The third-order valence-corrected chi connectivity index (χ3v) is 4.47. The van der Waals surface area contributed by atoms with Gasteiger partial charge in [0.05, 0.1) is 19.0 Å². The molecule has 0 saturated heterocycles. The maximum atomic E-state index is 13.8. The Kier molecular flexibility index (Phi) is 5.01. The maximum absolute atomic E-state index is 13.8. The number of oxazole rings is 1. The molecule has 0 aliphatic rings. The van der Waals surface area contributed by atoms with Gasteiger partial charge in [-0.05, 0) is 36.4 Å². The fraction of sp³-hybridized carbons (Fsp3) is 0.0952. The summed E-state index contributed by atoms with van der Waals surface area (Å²) >= 11 is 0. The highest BCUT2D eigenvalue weighted by Gasteiger charge is 2.20. The molecule has 9 heteroatoms. The van der Waals surface area contributed by atoms with Crippen molar-refractivity contribution in [1.82, 2.24) is 14.8 Å². The predicted molar refractivity (Wildman–Crippen MR) is 105 cm³/mol. The van der Waals surface area contributed by atoms with E-state index in [0.717, 1.165) is 12.1 Å². The number of halogens is 2. The molecular formula is C21H16F2N4O3. The lowest BCUT2D eigenvalue weighted by Crippen LogP contribution is -2.15. The summed E-state index contributed by atoms with van der Waals surface area (Å²) in [6.45, 7) is 0. The molecule has 2 heterocycles. The van der Waals surface area contributed by atoms with Crippen LogP contribution in [0.15, 0.2) is 59.3 Å². The molecule has 0 atom stereocenters. The number of nitrogens with zero attached hydrogens (tertiary/aromatic N) is 3. The molecular weight excluding hydrogens is 394 g/mol. The number of nitrogens with one attached hydrogen (secondary N) is 1. The number of aryl methyl sites for hydroxylation is 1. The summed E-state index contributed by atoms with van der Waals surface area (Å²) in [5.41, 5.74) is 1.35. The molecule has 7 nitrogen and oxygen atoms in total. The highest BCUT2D eigenvalue weighted by atomic mass is 19.1. The molecule has 0 unspecified atom stereocenters. The molecule has 30 heavy (non-hydrogen) atoms. The number of para-hydroxylation sites is 1. The Morgan fingerprint density at radius 1 is 1.17 bits per heavy atom. The predicted octanol–water partition coefficient (Wildman–Crippen LogP) is 4.28. The Hall–Kier alpha value is -4.01. The number of hydrogen-bond donors (Lipinski definition) is 1. The number of carbonyl (C=O) groups excluding carboxylic acids is 1. The van der Waals surface area contributed by atoms with Crippen LogP contribution in [0.1, 0.15) is 10.5 Å². The van der Waals surface area contributed by atoms with Gasteiger partial charge in [0.15, 0.2) is 5.69 Å². The van der Waals surface area contributed by atoms with Crippen LogP contribution < -0.4 is 10.1 Å². The van der Waals surface area contributed by atoms with Crippen molar-refractivity contribution < 1.29 is 22.7 Å². The Bertz CT molecular complexity index is 1200. The van der Waals surface area contributed by atoms with Crippen molar-refractivity contribution in [2.24, 2.45) is 7.05 Å². The van der Waals surface area contributed by atoms with Crippen molar-refractivity contribution in [3.05, 3.63) is 72.3 Å². The molecule has 4 aromatic rings. The Balaban J connectivity index is 1.71. The molecule has 1 N–H and O–H groups in total. The summed E-state index contributed by atoms with van der Waals surface area (Å²) in [5, 5.41) is 6.40. The van der Waals surface area contributed by atoms with Gasteiger partial charge in [-0.2, -0.15) is 5.10 Å². The quantitative estimate of drug-likeness (QED) is 0.531. The minimum absolute atomic E-state index is 0.0151. The third-order valence-electron chi connectivity index (χ3n) is 4.47. The normalized spacial score (nSPS) is 10.8. The monoisotopic (exact) mass is 410 g/mol. The summed E-state index contributed by atoms with van der Waals surface area (Å²) in [6.07, 6.45) is 3.00. The second kappa shape index (κ2) is 7.78. The molecule has 0 fully saturated rings. The topological polar surface area (TPSA) is 82.2 Å². The van der Waals surface area contributed by atoms with E-state index >= 15 is 0 Å². The number of aromatic nitrogens is 3. The second-order valence-corrected chi connectivity index (χ2v) is 6.34. The average molecular weight is 410 g/mol. The van der Waals surface area contributed by atoms with Gasteiger partial charge >= 0.3 is 0 Å². The summed E-state index contributed by atoms with van der Waals surface area (Å²) < 4.78 is 39.9. The van der Waals surface area contributed by atoms with Gasteiger partial charge in [-0.1, -0.05) is 6.07 Å². The van der Waals surface area contributed by atoms with E-state index in [9.17, 15) is 13.6 Å². The van der Waals surface area contributed by atoms with Crippen LogP contribution >= 0.6 is 0 Å². The fourth-order valence-corrected chi connectivity index (χ4v) is 3.03. The van der Waals surface area contributed by atoms with Crippen LogP contribution in [0, 0.1) is 11.6 Å². The first-order valence-electron chi connectivity index (χ1n) is 8.85. The van der Waals surface area contributed by atoms with Crippen LogP contribution in [0.5, 0.6) is 5.75 Å². The minimum Gasteiger partial charge on any atom is -0.496 e. The molecule has 2 aromatic heterocycles. The number of hydrogen-bond acceptors (Lipinski definition) is 5. The van der Waals surface area contributed by atoms with Gasteiger partial charge < -0.3 is 14.5 Å². The van der Waals surface area contributed by atoms with Gasteiger partial charge in [-0.3, -0.25) is 9.48 Å². The van der Waals surface area contributed by atoms with Crippen molar-refractivity contribution in [3.8, 4) is 28.5 Å². The fourth-order valence-electron chi connectivity index (χ4n) is 3.03. The second-order valence-electron chi connectivity index (χ2n) is 6.34. The number of benzene rings is 2. The molecule has 0 bridgehead atoms. The van der Waals surface area contributed by atoms with Crippen molar-refractivity contribution in [2.45, 2.75) is 0 Å². The Labute approximate surface area is 169 Å². The standard InChI is InChI=1S/C21H16F2N4O3/c1-27-17(13-10-12(6-7-18(13)29-2)21-24-8-9-30-21)11-16(26-27)20(28)25-19-14(22)4-3-5-15(19)23/h3-11H,1-2H3,(H,25,28). The molecule has 0 radical (unpaired) electrons. The Morgan fingerprint density at radius 3 is 2.60 bits per heavy atom. The third kappa shape index (κ3) is 3.52. The number of anilines is 1. The summed E-state index contributed by atoms with van der Waals surface area (Å²) in [7, 11) is 3.17. The van der Waals surface area contributed by atoms with Gasteiger partial charge in [-0.25, -0.2) is 13.8 Å². The number of carbonyl (C=O) groups is 1. The van der Waals surface area contributed by atoms with Crippen molar-refractivity contribution in [2.75, 3.05) is 12.4 Å². The highest BCUT2D eigenvalue weighted by molar-refractivity contribution is 6.03. The highest BCUT2D eigenvalue weighted by Crippen LogP contribution is 2.34. The van der Waals surface area contributed by atoms with Crippen LogP contribution in [0.2, 0.25) is 0 Å². The van der Waals surface area contributed by atoms with Gasteiger partial charge in [-0.15, -0.1) is 0 Å². The van der Waals surface area contributed by atoms with E-state index < -0.39 is 23.2 Å². The van der Waals surface area contributed by atoms with Crippen molar-refractivity contribution >= 4 is 11.6 Å². The minimum atomic E-state index is -0.875. The van der Waals surface area contributed by atoms with E-state index in [1.54, 1.807) is 25.2 Å². The molecule has 152 valence electrons. The lowest BCUT2D eigenvalue weighted by atomic mass is 10.1. The SMILES string of the molecule is COc1ccc(-c2ncco2)cc1-c1cc(C(=O)Nc2c(F)cccc2F)nn1C. The van der Waals surface area contributed by atoms with Gasteiger partial charge in [0.1, 0.15) is 29.3 Å². The number of amides is 1. The van der Waals surface area contributed by atoms with Gasteiger partial charge in [0, 0.05) is 18.2 Å². The zero-order chi connectivity index (χ0) is 21.3. The maximum Gasteiger partial charge on any atom is 0.276 e. The molecule has 0 spiro atoms. The zero-order valence-corrected chi connectivity index (χ0v) is 16.0. The van der Waals surface area contributed by atoms with E-state index in [-0.39, 0.29) is 5.69 Å². The molecule has 4 rings (SSSR count). The summed E-state index contributed by atoms with van der Waals surface area (Å²) in [6, 6.07) is 10.2. The van der Waals surface area contributed by atoms with Crippen LogP contribution in [0.4, 0.5) is 14.5 Å². The molecule has 1 amide bonds. The van der Waals surface area contributed by atoms with Crippen LogP contribution in [-0.2, 0) is 7.05 Å². The average Bonchev–Trinajstić information content (AvgIpc) is 3.40. The van der Waals surface area contributed by atoms with Crippen LogP contribution in [0.25, 0.3) is 22.7 Å². The first-order chi connectivity index (χ1) is 14.5. The smallest absolute Gasteiger partial charge is 0.276 e. The number of ether oxygens (including phenoxy) is 1. The van der Waals surface area contributed by atoms with Crippen LogP contribution in [0.3, 0.4) is 0 Å². The van der Waals surface area contributed by atoms with E-state index in [2.05, 4.69) is 15.4 Å². The summed E-state index contributed by atoms with van der Waals surface area (Å²) in [4.78, 5) is 16.7. The van der Waals surface area contributed by atoms with E-state index in [1.165, 1.54) is 36.4 Å². The van der Waals surface area contributed by atoms with Crippen molar-refractivity contribution in [3.63, 3.8) is 0 Å². The lowest BCUT2D eigenvalue weighted by molar-refractivity contribution is 0.102. The van der Waals surface area contributed by atoms with Gasteiger partial charge in [0.25, 0.3) is 5.91 Å². The lowest BCUT2D eigenvalue weighted by Gasteiger charge is -2.10. The van der Waals surface area contributed by atoms with Crippen molar-refractivity contribution in [1.29, 1.82) is 0 Å². The van der Waals surface area contributed by atoms with E-state index in [0.29, 0.717) is 28.5 Å². The zero-order valence-electron chi connectivity index (χ0n) is 16.0. The van der Waals surface area contributed by atoms with Crippen LogP contribution in [-0.4, -0.2) is 27.8 Å². The van der Waals surface area contributed by atoms with Gasteiger partial charge in [0.2, 0.25) is 5.89 Å². The molecule has 0 aliphatic heterocycles. The summed E-state index contributed by atoms with van der Waals surface area (Å²) in [5.74, 6) is -1.53. The molecule has 2 aromatic carbocycles. The largest absolute Gasteiger partial charge is 0.496 e.